The standard InChI is InChI=1S/C24H24N6O3.C23H22N6O3/c1-33-24(32)17-6-2-5-16(13-17)19-14-20(23-25-10-12-30(23)28-19)26-21-8-3-9-22(27-21)29-11-4-7-18(29)15-31;30-14-17-6-3-10-28(17)21-8-2-7-20(26-21)25-19-13-18(27-29-11-9-24-22(19)29)15-4-1-5-16(12-15)23(31)32/h2-3,5-6,8-10,12-14,18,31H,4,7,11,15H2,1H3,(H,26,27);1-2,4-5,7-9,11-13,17,30H,3,6,10,14H2,(H,25,26)(H,31,32). The number of benzene rings is 2. The van der Waals surface area contributed by atoms with Crippen molar-refractivity contribution in [3.05, 3.63) is 133 Å². The predicted molar refractivity (Wildman–Crippen MR) is 245 cm³/mol. The van der Waals surface area contributed by atoms with Gasteiger partial charge in [-0.3, -0.25) is 0 Å². The smallest absolute Gasteiger partial charge is 0.337 e. The molecule has 0 saturated carbocycles. The Bertz CT molecular complexity index is 2990. The number of nitrogens with one attached hydrogen (secondary N) is 2. The van der Waals surface area contributed by atoms with E-state index in [0.717, 1.165) is 61.7 Å². The average molecular weight is 875 g/mol. The summed E-state index contributed by atoms with van der Waals surface area (Å²) < 4.78 is 8.18. The van der Waals surface area contributed by atoms with Crippen LogP contribution in [0.3, 0.4) is 0 Å². The van der Waals surface area contributed by atoms with Gasteiger partial charge in [0.2, 0.25) is 0 Å². The molecule has 18 nitrogen and oxygen atoms in total. The molecule has 10 rings (SSSR count). The van der Waals surface area contributed by atoms with E-state index < -0.39 is 11.9 Å². The molecule has 5 N–H and O–H groups in total. The van der Waals surface area contributed by atoms with Crippen molar-refractivity contribution in [2.45, 2.75) is 37.8 Å². The number of nitrogens with zero attached hydrogens (tertiary/aromatic N) is 10. The first kappa shape index (κ1) is 42.3. The summed E-state index contributed by atoms with van der Waals surface area (Å²) in [7, 11) is 1.36. The maximum Gasteiger partial charge on any atom is 0.337 e. The number of rotatable bonds is 12. The number of aromatic carboxylic acids is 1. The number of carboxylic acids is 1. The predicted octanol–water partition coefficient (Wildman–Crippen LogP) is 6.48. The molecular formula is C47H46N12O6. The van der Waals surface area contributed by atoms with Crippen LogP contribution in [0.15, 0.2) is 122 Å². The maximum atomic E-state index is 12.0. The minimum Gasteiger partial charge on any atom is -0.478 e. The number of hydrogen-bond acceptors (Lipinski definition) is 15. The Morgan fingerprint density at radius 1 is 0.662 bits per heavy atom. The number of aromatic nitrogens is 8. The molecule has 6 aromatic heterocycles. The van der Waals surface area contributed by atoms with E-state index in [1.807, 2.05) is 60.7 Å². The van der Waals surface area contributed by atoms with Gasteiger partial charge in [-0.25, -0.2) is 38.6 Å². The fourth-order valence-corrected chi connectivity index (χ4v) is 8.27. The summed E-state index contributed by atoms with van der Waals surface area (Å²) in [4.78, 5) is 46.0. The molecule has 0 amide bonds. The summed E-state index contributed by atoms with van der Waals surface area (Å²) in [6.07, 6.45) is 10.8. The van der Waals surface area contributed by atoms with Crippen LogP contribution in [-0.4, -0.2) is 112 Å². The fraction of sp³-hybridized carbons (Fsp3) is 0.234. The van der Waals surface area contributed by atoms with Crippen molar-refractivity contribution in [2.24, 2.45) is 0 Å². The van der Waals surface area contributed by atoms with Crippen LogP contribution < -0.4 is 20.4 Å². The van der Waals surface area contributed by atoms with E-state index in [4.69, 9.17) is 14.7 Å². The van der Waals surface area contributed by atoms with Crippen molar-refractivity contribution in [1.82, 2.24) is 39.2 Å². The van der Waals surface area contributed by atoms with E-state index >= 15 is 0 Å². The van der Waals surface area contributed by atoms with E-state index in [1.54, 1.807) is 70.2 Å². The Hall–Kier alpha value is -7.96. The summed E-state index contributed by atoms with van der Waals surface area (Å²) in [6.45, 7) is 1.97. The summed E-state index contributed by atoms with van der Waals surface area (Å²) in [5, 5.41) is 44.6. The molecule has 2 atom stereocenters. The van der Waals surface area contributed by atoms with Crippen molar-refractivity contribution in [2.75, 3.05) is 53.8 Å². The minimum absolute atomic E-state index is 0.0887. The maximum absolute atomic E-state index is 12.0. The first-order valence-corrected chi connectivity index (χ1v) is 21.2. The van der Waals surface area contributed by atoms with Crippen LogP contribution in [0.1, 0.15) is 46.4 Å². The highest BCUT2D eigenvalue weighted by atomic mass is 16.5. The quantitative estimate of drug-likeness (QED) is 0.0830. The Labute approximate surface area is 372 Å². The third kappa shape index (κ3) is 9.11. The van der Waals surface area contributed by atoms with Gasteiger partial charge in [-0.2, -0.15) is 10.2 Å². The van der Waals surface area contributed by atoms with Gasteiger partial charge in [-0.1, -0.05) is 36.4 Å². The van der Waals surface area contributed by atoms with Crippen molar-refractivity contribution < 1.29 is 29.6 Å². The highest BCUT2D eigenvalue weighted by Crippen LogP contribution is 2.31. The molecule has 2 unspecified atom stereocenters. The Morgan fingerprint density at radius 2 is 1.14 bits per heavy atom. The molecule has 65 heavy (non-hydrogen) atoms. The van der Waals surface area contributed by atoms with Gasteiger partial charge in [0.05, 0.1) is 66.3 Å². The van der Waals surface area contributed by atoms with Crippen LogP contribution >= 0.6 is 0 Å². The summed E-state index contributed by atoms with van der Waals surface area (Å²) in [5.74, 6) is 1.57. The highest BCUT2D eigenvalue weighted by molar-refractivity contribution is 5.91. The second kappa shape index (κ2) is 18.8. The number of methoxy groups -OCH3 is 1. The molecule has 2 aromatic carbocycles. The number of ether oxygens (including phenoxy) is 1. The molecule has 8 heterocycles. The van der Waals surface area contributed by atoms with Gasteiger partial charge in [-0.05, 0) is 86.3 Å². The summed E-state index contributed by atoms with van der Waals surface area (Å²) in [5.41, 5.74) is 6.12. The van der Waals surface area contributed by atoms with Crippen LogP contribution in [-0.2, 0) is 4.74 Å². The monoisotopic (exact) mass is 874 g/mol. The van der Waals surface area contributed by atoms with Gasteiger partial charge >= 0.3 is 11.9 Å². The van der Waals surface area contributed by atoms with Crippen molar-refractivity contribution in [3.63, 3.8) is 0 Å². The number of aliphatic hydroxyl groups is 2. The SMILES string of the molecule is COC(=O)c1cccc(-c2cc(Nc3cccc(N4CCCC4CO)n3)c3nccn3n2)c1.O=C(O)c1cccc(-c2cc(Nc3cccc(N4CCCC4CO)n3)c3nccn3n2)c1. The van der Waals surface area contributed by atoms with Gasteiger partial charge in [0.15, 0.2) is 11.3 Å². The fourth-order valence-electron chi connectivity index (χ4n) is 8.27. The third-order valence-electron chi connectivity index (χ3n) is 11.5. The number of imidazole rings is 2. The zero-order chi connectivity index (χ0) is 44.9. The van der Waals surface area contributed by atoms with Crippen LogP contribution in [0.2, 0.25) is 0 Å². The Balaban J connectivity index is 0.000000164. The van der Waals surface area contributed by atoms with Crippen molar-refractivity contribution in [3.8, 4) is 22.5 Å². The number of hydrogen-bond donors (Lipinski definition) is 5. The number of carbonyl (C=O) groups is 2. The lowest BCUT2D eigenvalue weighted by Gasteiger charge is -2.24. The summed E-state index contributed by atoms with van der Waals surface area (Å²) >= 11 is 0. The first-order chi connectivity index (χ1) is 31.8. The molecule has 0 bridgehead atoms. The molecule has 8 aromatic rings. The molecule has 0 radical (unpaired) electrons. The summed E-state index contributed by atoms with van der Waals surface area (Å²) in [6, 6.07) is 29.3. The molecule has 330 valence electrons. The topological polar surface area (TPSA) is 221 Å². The van der Waals surface area contributed by atoms with Crippen LogP contribution in [0, 0.1) is 0 Å². The van der Waals surface area contributed by atoms with Gasteiger partial charge < -0.3 is 40.5 Å². The average Bonchev–Trinajstić information content (AvgIpc) is 4.20. The van der Waals surface area contributed by atoms with Gasteiger partial charge in [0, 0.05) is 49.0 Å². The Morgan fingerprint density at radius 3 is 1.62 bits per heavy atom. The molecule has 2 saturated heterocycles. The van der Waals surface area contributed by atoms with Crippen LogP contribution in [0.5, 0.6) is 0 Å². The minimum atomic E-state index is -0.988. The normalized spacial score (nSPS) is 15.8. The Kier molecular flexibility index (Phi) is 12.2. The van der Waals surface area contributed by atoms with E-state index in [0.29, 0.717) is 51.1 Å². The number of carbonyl (C=O) groups excluding carboxylic acids is 1. The van der Waals surface area contributed by atoms with Gasteiger partial charge in [0.25, 0.3) is 0 Å². The molecule has 2 aliphatic rings. The molecule has 0 spiro atoms. The zero-order valence-corrected chi connectivity index (χ0v) is 35.4. The third-order valence-corrected chi connectivity index (χ3v) is 11.5. The number of pyridine rings is 2. The molecule has 2 fully saturated rings. The number of anilines is 6. The number of aliphatic hydroxyl groups excluding tert-OH is 2. The number of fused-ring (bicyclic) bond motifs is 2. The molecule has 2 aliphatic heterocycles. The van der Waals surface area contributed by atoms with E-state index in [9.17, 15) is 24.9 Å². The van der Waals surface area contributed by atoms with Gasteiger partial charge in [0.1, 0.15) is 23.3 Å². The first-order valence-electron chi connectivity index (χ1n) is 21.2. The molecule has 18 heteroatoms. The zero-order valence-electron chi connectivity index (χ0n) is 35.4. The second-order valence-corrected chi connectivity index (χ2v) is 15.6. The number of esters is 1. The van der Waals surface area contributed by atoms with E-state index in [-0.39, 0.29) is 30.9 Å². The number of carboxylic acid groups (broad SMARTS) is 1. The lowest BCUT2D eigenvalue weighted by atomic mass is 10.1. The largest absolute Gasteiger partial charge is 0.478 e. The molecular weight excluding hydrogens is 829 g/mol. The van der Waals surface area contributed by atoms with Crippen molar-refractivity contribution >= 4 is 57.9 Å². The highest BCUT2D eigenvalue weighted by Gasteiger charge is 2.26. The lowest BCUT2D eigenvalue weighted by molar-refractivity contribution is 0.0599. The van der Waals surface area contributed by atoms with Crippen LogP contribution in [0.25, 0.3) is 33.8 Å². The second-order valence-electron chi connectivity index (χ2n) is 15.6. The molecule has 0 aliphatic carbocycles. The van der Waals surface area contributed by atoms with E-state index in [1.165, 1.54) is 7.11 Å². The lowest BCUT2D eigenvalue weighted by Crippen LogP contribution is -2.32. The van der Waals surface area contributed by atoms with E-state index in [2.05, 4.69) is 40.6 Å². The van der Waals surface area contributed by atoms with Gasteiger partial charge in [-0.15, -0.1) is 0 Å². The van der Waals surface area contributed by atoms with Crippen LogP contribution in [0.4, 0.5) is 34.6 Å². The van der Waals surface area contributed by atoms with Crippen molar-refractivity contribution in [1.29, 1.82) is 0 Å².